The zero-order chi connectivity index (χ0) is 35.3. The summed E-state index contributed by atoms with van der Waals surface area (Å²) in [4.78, 5) is 33.0. The van der Waals surface area contributed by atoms with E-state index in [1.165, 1.54) is 17.9 Å². The van der Waals surface area contributed by atoms with Crippen molar-refractivity contribution in [2.45, 2.75) is 76.3 Å². The number of amides is 2. The fourth-order valence-electron chi connectivity index (χ4n) is 6.88. The molecule has 0 radical (unpaired) electrons. The number of likely N-dealkylation sites (N-methyl/N-ethyl adjacent to an activating group) is 1. The van der Waals surface area contributed by atoms with Gasteiger partial charge in [0.2, 0.25) is 15.9 Å². The van der Waals surface area contributed by atoms with Gasteiger partial charge < -0.3 is 19.3 Å². The molecular formula is C36H48ClFN4O6S. The van der Waals surface area contributed by atoms with Gasteiger partial charge in [0.1, 0.15) is 24.2 Å². The Hall–Kier alpha value is -3.19. The first kappa shape index (κ1) is 37.1. The van der Waals surface area contributed by atoms with Gasteiger partial charge in [-0.25, -0.2) is 17.5 Å². The SMILES string of the molecule is COCCN(C)C(=O)[C@H]1/C(F)=C/C[C@H](C)[C@@H](C)S(=O)(=O)NC(=O)c2ccc3c(c2)N(CCCCc2cc(Cl)ccc2CO3)C[C@@H]2CCCN21. The molecule has 2 aromatic rings. The Morgan fingerprint density at radius 1 is 1.12 bits per heavy atom. The molecule has 10 nitrogen and oxygen atoms in total. The number of hydrogen-bond donors (Lipinski definition) is 1. The molecule has 3 aliphatic rings. The first-order chi connectivity index (χ1) is 23.4. The first-order valence-electron chi connectivity index (χ1n) is 17.1. The molecule has 2 bridgehead atoms. The number of nitrogens with one attached hydrogen (secondary N) is 1. The van der Waals surface area contributed by atoms with Gasteiger partial charge in [0, 0.05) is 50.4 Å². The second-order valence-corrected chi connectivity index (χ2v) is 15.9. The highest BCUT2D eigenvalue weighted by atomic mass is 35.5. The average Bonchev–Trinajstić information content (AvgIpc) is 3.52. The molecule has 13 heteroatoms. The number of halogens is 2. The van der Waals surface area contributed by atoms with Gasteiger partial charge in [-0.1, -0.05) is 30.7 Å². The highest BCUT2D eigenvalue weighted by Crippen LogP contribution is 2.35. The number of aryl methyl sites for hydroxylation is 1. The summed E-state index contributed by atoms with van der Waals surface area (Å²) in [6.45, 7) is 5.66. The van der Waals surface area contributed by atoms with Crippen LogP contribution in [0.1, 0.15) is 67.4 Å². The maximum atomic E-state index is 16.4. The molecule has 2 amide bonds. The van der Waals surface area contributed by atoms with E-state index in [2.05, 4.69) is 9.62 Å². The highest BCUT2D eigenvalue weighted by molar-refractivity contribution is 7.90. The number of fused-ring (bicyclic) bond motifs is 3. The fraction of sp³-hybridized carbons (Fsp3) is 0.556. The van der Waals surface area contributed by atoms with Crippen LogP contribution in [-0.2, 0) is 32.6 Å². The van der Waals surface area contributed by atoms with Gasteiger partial charge in [-0.05, 0) is 99.4 Å². The number of rotatable bonds is 4. The zero-order valence-electron chi connectivity index (χ0n) is 28.8. The molecule has 0 aromatic heterocycles. The average molecular weight is 719 g/mol. The number of nitrogens with zero attached hydrogens (tertiary/aromatic N) is 3. The molecule has 0 spiro atoms. The number of allylic oxidation sites excluding steroid dienone is 1. The minimum Gasteiger partial charge on any atom is -0.487 e. The van der Waals surface area contributed by atoms with Gasteiger partial charge in [-0.2, -0.15) is 0 Å². The number of carbonyl (C=O) groups is 2. The Labute approximate surface area is 294 Å². The molecule has 1 fully saturated rings. The quantitative estimate of drug-likeness (QED) is 0.452. The normalized spacial score (nSPS) is 26.2. The van der Waals surface area contributed by atoms with Gasteiger partial charge in [0.25, 0.3) is 5.91 Å². The monoisotopic (exact) mass is 718 g/mol. The predicted molar refractivity (Wildman–Crippen MR) is 189 cm³/mol. The molecule has 1 N–H and O–H groups in total. The number of methoxy groups -OCH3 is 1. The lowest BCUT2D eigenvalue weighted by Gasteiger charge is -2.37. The Morgan fingerprint density at radius 2 is 1.92 bits per heavy atom. The number of hydrogen-bond acceptors (Lipinski definition) is 8. The van der Waals surface area contributed by atoms with Crippen molar-refractivity contribution < 1.29 is 31.9 Å². The topological polar surface area (TPSA) is 108 Å². The van der Waals surface area contributed by atoms with E-state index in [-0.39, 0.29) is 30.5 Å². The summed E-state index contributed by atoms with van der Waals surface area (Å²) in [7, 11) is -0.929. The molecule has 1 saturated heterocycles. The number of carbonyl (C=O) groups excluding carboxylic acids is 2. The van der Waals surface area contributed by atoms with Crippen LogP contribution in [0.15, 0.2) is 48.3 Å². The Balaban J connectivity index is 1.60. The molecule has 49 heavy (non-hydrogen) atoms. The van der Waals surface area contributed by atoms with Crippen molar-refractivity contribution in [1.29, 1.82) is 0 Å². The molecule has 3 heterocycles. The predicted octanol–water partition coefficient (Wildman–Crippen LogP) is 5.34. The van der Waals surface area contributed by atoms with E-state index in [1.54, 1.807) is 39.3 Å². The summed E-state index contributed by atoms with van der Waals surface area (Å²) in [6, 6.07) is 9.40. The molecule has 268 valence electrons. The third-order valence-electron chi connectivity index (χ3n) is 10.1. The minimum atomic E-state index is -4.13. The molecular weight excluding hydrogens is 671 g/mol. The molecule has 3 aliphatic heterocycles. The van der Waals surface area contributed by atoms with Gasteiger partial charge in [-0.3, -0.25) is 14.5 Å². The number of sulfonamides is 1. The molecule has 5 rings (SSSR count). The van der Waals surface area contributed by atoms with Gasteiger partial charge in [-0.15, -0.1) is 0 Å². The second kappa shape index (κ2) is 16.2. The van der Waals surface area contributed by atoms with Crippen LogP contribution in [0.2, 0.25) is 5.02 Å². The number of benzene rings is 2. The standard InChI is InChI=1S/C36H48ClFN4O6S/c1-24-10-14-31(38)34(36(44)40(3)18-19-47-4)42-17-7-9-30(42)22-41-16-6-5-8-26-20-29(37)13-11-28(26)23-48-33-15-12-27(21-32(33)41)35(43)39-49(45,46)25(24)2/h11-15,20-21,24-25,30,34H,5-10,16-19,22-23H2,1-4H3,(H,39,43)/b31-14-/t24-,25+,30-,34+/m0/s1. The van der Waals surface area contributed by atoms with Crippen molar-refractivity contribution in [3.8, 4) is 5.75 Å². The van der Waals surface area contributed by atoms with Crippen LogP contribution in [-0.4, -0.2) is 94.3 Å². The maximum Gasteiger partial charge on any atom is 0.264 e. The Bertz CT molecular complexity index is 1660. The van der Waals surface area contributed by atoms with E-state index < -0.39 is 39.0 Å². The second-order valence-electron chi connectivity index (χ2n) is 13.5. The van der Waals surface area contributed by atoms with E-state index >= 15 is 4.39 Å². The van der Waals surface area contributed by atoms with Gasteiger partial charge in [0.05, 0.1) is 17.5 Å². The van der Waals surface area contributed by atoms with Gasteiger partial charge >= 0.3 is 0 Å². The summed E-state index contributed by atoms with van der Waals surface area (Å²) >= 11 is 6.34. The minimum absolute atomic E-state index is 0.0715. The molecule has 4 atom stereocenters. The van der Waals surface area contributed by atoms with E-state index in [4.69, 9.17) is 21.1 Å². The van der Waals surface area contributed by atoms with E-state index in [1.807, 2.05) is 23.1 Å². The van der Waals surface area contributed by atoms with Crippen molar-refractivity contribution in [1.82, 2.24) is 14.5 Å². The lowest BCUT2D eigenvalue weighted by Crippen LogP contribution is -2.53. The third kappa shape index (κ3) is 8.76. The van der Waals surface area contributed by atoms with Crippen LogP contribution in [0.3, 0.4) is 0 Å². The van der Waals surface area contributed by atoms with Crippen molar-refractivity contribution in [3.05, 3.63) is 70.0 Å². The van der Waals surface area contributed by atoms with Crippen molar-refractivity contribution in [3.63, 3.8) is 0 Å². The number of ether oxygens (including phenoxy) is 2. The number of anilines is 1. The van der Waals surface area contributed by atoms with Gasteiger partial charge in [0.15, 0.2) is 0 Å². The van der Waals surface area contributed by atoms with Crippen LogP contribution in [0.25, 0.3) is 0 Å². The zero-order valence-corrected chi connectivity index (χ0v) is 30.4. The Morgan fingerprint density at radius 3 is 2.69 bits per heavy atom. The van der Waals surface area contributed by atoms with Crippen LogP contribution in [0, 0.1) is 5.92 Å². The summed E-state index contributed by atoms with van der Waals surface area (Å²) < 4.78 is 57.1. The van der Waals surface area contributed by atoms with Crippen molar-refractivity contribution >= 4 is 39.1 Å². The fourth-order valence-corrected chi connectivity index (χ4v) is 8.36. The summed E-state index contributed by atoms with van der Waals surface area (Å²) in [5.74, 6) is -1.73. The third-order valence-corrected chi connectivity index (χ3v) is 12.3. The summed E-state index contributed by atoms with van der Waals surface area (Å²) in [6.07, 6.45) is 5.42. The van der Waals surface area contributed by atoms with Crippen molar-refractivity contribution in [2.24, 2.45) is 5.92 Å². The lowest BCUT2D eigenvalue weighted by atomic mass is 10.0. The summed E-state index contributed by atoms with van der Waals surface area (Å²) in [5, 5.41) is -0.353. The van der Waals surface area contributed by atoms with E-state index in [9.17, 15) is 18.0 Å². The first-order valence-corrected chi connectivity index (χ1v) is 19.0. The van der Waals surface area contributed by atoms with Crippen LogP contribution in [0.4, 0.5) is 10.1 Å². The molecule has 0 saturated carbocycles. The van der Waals surface area contributed by atoms with Crippen LogP contribution >= 0.6 is 11.6 Å². The van der Waals surface area contributed by atoms with Crippen LogP contribution in [0.5, 0.6) is 5.75 Å². The van der Waals surface area contributed by atoms with E-state index in [0.29, 0.717) is 49.2 Å². The Kier molecular flexibility index (Phi) is 12.3. The van der Waals surface area contributed by atoms with E-state index in [0.717, 1.165) is 43.2 Å². The molecule has 0 aliphatic carbocycles. The summed E-state index contributed by atoms with van der Waals surface area (Å²) in [5.41, 5.74) is 2.95. The molecule has 2 aromatic carbocycles. The van der Waals surface area contributed by atoms with Crippen LogP contribution < -0.4 is 14.4 Å². The smallest absolute Gasteiger partial charge is 0.264 e. The molecule has 0 unspecified atom stereocenters. The lowest BCUT2D eigenvalue weighted by molar-refractivity contribution is -0.135. The highest BCUT2D eigenvalue weighted by Gasteiger charge is 2.40. The van der Waals surface area contributed by atoms with Crippen molar-refractivity contribution in [2.75, 3.05) is 51.8 Å². The largest absolute Gasteiger partial charge is 0.487 e. The maximum absolute atomic E-state index is 16.4.